The van der Waals surface area contributed by atoms with E-state index in [-0.39, 0.29) is 11.4 Å². The van der Waals surface area contributed by atoms with Crippen LogP contribution in [-0.4, -0.2) is 80.3 Å². The van der Waals surface area contributed by atoms with E-state index in [0.717, 1.165) is 38.8 Å². The Morgan fingerprint density at radius 1 is 1.27 bits per heavy atom. The van der Waals surface area contributed by atoms with Crippen LogP contribution >= 0.6 is 0 Å². The Labute approximate surface area is 155 Å². The Hall–Kier alpha value is -2.19. The first-order valence-electron chi connectivity index (χ1n) is 8.98. The number of nitrogens with zero attached hydrogens (tertiary/aromatic N) is 3. The molecule has 0 saturated carbocycles. The van der Waals surface area contributed by atoms with Gasteiger partial charge in [0, 0.05) is 57.7 Å². The van der Waals surface area contributed by atoms with Gasteiger partial charge in [0.05, 0.1) is 18.8 Å². The van der Waals surface area contributed by atoms with E-state index in [9.17, 15) is 4.79 Å². The summed E-state index contributed by atoms with van der Waals surface area (Å²) in [6.07, 6.45) is 3.20. The molecule has 1 fully saturated rings. The standard InChI is InChI=1S/C18H30N6O2/c1-18(2,24-9-11-26-12-10-24)14-23-17(19-3)22-8-7-21-16(25)15-5-4-6-20-13-15/h4-6,13H,7-12,14H2,1-3H3,(H,21,25)(H2,19,22,23). The zero-order valence-corrected chi connectivity index (χ0v) is 15.9. The van der Waals surface area contributed by atoms with E-state index in [2.05, 4.69) is 44.7 Å². The minimum Gasteiger partial charge on any atom is -0.379 e. The molecule has 2 heterocycles. The van der Waals surface area contributed by atoms with Gasteiger partial charge in [0.15, 0.2) is 5.96 Å². The molecule has 26 heavy (non-hydrogen) atoms. The Balaban J connectivity index is 1.68. The molecule has 0 spiro atoms. The monoisotopic (exact) mass is 362 g/mol. The van der Waals surface area contributed by atoms with Crippen molar-refractivity contribution < 1.29 is 9.53 Å². The topological polar surface area (TPSA) is 90.9 Å². The summed E-state index contributed by atoms with van der Waals surface area (Å²) < 4.78 is 5.42. The number of nitrogens with one attached hydrogen (secondary N) is 3. The summed E-state index contributed by atoms with van der Waals surface area (Å²) in [7, 11) is 1.74. The molecule has 0 bridgehead atoms. The summed E-state index contributed by atoms with van der Waals surface area (Å²) in [6.45, 7) is 9.75. The van der Waals surface area contributed by atoms with Crippen molar-refractivity contribution in [3.05, 3.63) is 30.1 Å². The maximum atomic E-state index is 12.0. The molecule has 1 aliphatic heterocycles. The van der Waals surface area contributed by atoms with Gasteiger partial charge in [-0.2, -0.15) is 0 Å². The zero-order chi connectivity index (χ0) is 18.8. The van der Waals surface area contributed by atoms with Crippen molar-refractivity contribution in [1.29, 1.82) is 0 Å². The molecule has 3 N–H and O–H groups in total. The molecule has 8 nitrogen and oxygen atoms in total. The second kappa shape index (κ2) is 10.1. The SMILES string of the molecule is CN=C(NCCNC(=O)c1cccnc1)NCC(C)(C)N1CCOCC1. The van der Waals surface area contributed by atoms with E-state index in [1.54, 1.807) is 31.6 Å². The van der Waals surface area contributed by atoms with Gasteiger partial charge in [-0.05, 0) is 26.0 Å². The number of pyridine rings is 1. The number of ether oxygens (including phenoxy) is 1. The predicted octanol–water partition coefficient (Wildman–Crippen LogP) is 0.0872. The summed E-state index contributed by atoms with van der Waals surface area (Å²) in [6, 6.07) is 3.49. The van der Waals surface area contributed by atoms with Gasteiger partial charge in [0.2, 0.25) is 0 Å². The highest BCUT2D eigenvalue weighted by molar-refractivity contribution is 5.93. The molecular formula is C18H30N6O2. The lowest BCUT2D eigenvalue weighted by Gasteiger charge is -2.41. The number of guanidine groups is 1. The maximum Gasteiger partial charge on any atom is 0.252 e. The van der Waals surface area contributed by atoms with E-state index in [0.29, 0.717) is 18.7 Å². The second-order valence-electron chi connectivity index (χ2n) is 6.76. The van der Waals surface area contributed by atoms with Crippen LogP contribution in [0.3, 0.4) is 0 Å². The highest BCUT2D eigenvalue weighted by Crippen LogP contribution is 2.14. The van der Waals surface area contributed by atoms with Gasteiger partial charge in [-0.15, -0.1) is 0 Å². The molecule has 2 rings (SSSR count). The largest absolute Gasteiger partial charge is 0.379 e. The molecule has 1 aromatic heterocycles. The molecule has 1 aliphatic rings. The Kier molecular flexibility index (Phi) is 7.80. The fourth-order valence-corrected chi connectivity index (χ4v) is 2.76. The molecule has 8 heteroatoms. The van der Waals surface area contributed by atoms with Crippen LogP contribution in [0.2, 0.25) is 0 Å². The highest BCUT2D eigenvalue weighted by Gasteiger charge is 2.28. The summed E-state index contributed by atoms with van der Waals surface area (Å²) >= 11 is 0. The summed E-state index contributed by atoms with van der Waals surface area (Å²) in [5.74, 6) is 0.596. The number of carbonyl (C=O) groups is 1. The van der Waals surface area contributed by atoms with Gasteiger partial charge in [0.25, 0.3) is 5.91 Å². The van der Waals surface area contributed by atoms with Crippen molar-refractivity contribution >= 4 is 11.9 Å². The van der Waals surface area contributed by atoms with E-state index >= 15 is 0 Å². The van der Waals surface area contributed by atoms with Crippen LogP contribution in [0, 0.1) is 0 Å². The molecule has 144 valence electrons. The fourth-order valence-electron chi connectivity index (χ4n) is 2.76. The summed E-state index contributed by atoms with van der Waals surface area (Å²) in [5.41, 5.74) is 0.568. The third kappa shape index (κ3) is 6.27. The van der Waals surface area contributed by atoms with Crippen molar-refractivity contribution in [1.82, 2.24) is 25.8 Å². The highest BCUT2D eigenvalue weighted by atomic mass is 16.5. The van der Waals surface area contributed by atoms with Crippen molar-refractivity contribution in [2.75, 3.05) is 53.0 Å². The minimum atomic E-state index is -0.128. The van der Waals surface area contributed by atoms with Crippen molar-refractivity contribution in [3.63, 3.8) is 0 Å². The quantitative estimate of drug-likeness (QED) is 0.362. The number of hydrogen-bond acceptors (Lipinski definition) is 5. The average molecular weight is 362 g/mol. The maximum absolute atomic E-state index is 12.0. The van der Waals surface area contributed by atoms with Gasteiger partial charge in [-0.1, -0.05) is 0 Å². The van der Waals surface area contributed by atoms with Crippen LogP contribution in [0.15, 0.2) is 29.5 Å². The van der Waals surface area contributed by atoms with E-state index in [1.807, 2.05) is 0 Å². The molecule has 1 saturated heterocycles. The number of aliphatic imine (C=N–C) groups is 1. The first-order valence-corrected chi connectivity index (χ1v) is 8.98. The number of aromatic nitrogens is 1. The van der Waals surface area contributed by atoms with E-state index in [1.165, 1.54) is 0 Å². The summed E-state index contributed by atoms with van der Waals surface area (Å²) in [5, 5.41) is 9.43. The second-order valence-corrected chi connectivity index (χ2v) is 6.76. The van der Waals surface area contributed by atoms with Gasteiger partial charge >= 0.3 is 0 Å². The average Bonchev–Trinajstić information content (AvgIpc) is 2.68. The van der Waals surface area contributed by atoms with Crippen LogP contribution in [0.25, 0.3) is 0 Å². The number of rotatable bonds is 7. The molecular weight excluding hydrogens is 332 g/mol. The van der Waals surface area contributed by atoms with E-state index in [4.69, 9.17) is 4.74 Å². The van der Waals surface area contributed by atoms with Crippen LogP contribution in [0.5, 0.6) is 0 Å². The first-order chi connectivity index (χ1) is 12.5. The number of carbonyl (C=O) groups excluding carboxylic acids is 1. The first kappa shape index (κ1) is 20.1. The lowest BCUT2D eigenvalue weighted by atomic mass is 10.0. The van der Waals surface area contributed by atoms with Crippen molar-refractivity contribution in [3.8, 4) is 0 Å². The Morgan fingerprint density at radius 2 is 2.00 bits per heavy atom. The molecule has 0 radical (unpaired) electrons. The third-order valence-electron chi connectivity index (χ3n) is 4.41. The molecule has 0 atom stereocenters. The smallest absolute Gasteiger partial charge is 0.252 e. The normalized spacial score (nSPS) is 16.2. The molecule has 1 amide bonds. The fraction of sp³-hybridized carbons (Fsp3) is 0.611. The zero-order valence-electron chi connectivity index (χ0n) is 15.9. The predicted molar refractivity (Wildman–Crippen MR) is 102 cm³/mol. The number of hydrogen-bond donors (Lipinski definition) is 3. The van der Waals surface area contributed by atoms with Crippen LogP contribution < -0.4 is 16.0 Å². The third-order valence-corrected chi connectivity index (χ3v) is 4.41. The Bertz CT molecular complexity index is 585. The molecule has 0 aliphatic carbocycles. The van der Waals surface area contributed by atoms with Crippen molar-refractivity contribution in [2.24, 2.45) is 4.99 Å². The lowest BCUT2D eigenvalue weighted by Crippen LogP contribution is -2.56. The molecule has 0 aromatic carbocycles. The van der Waals surface area contributed by atoms with Crippen LogP contribution in [0.4, 0.5) is 0 Å². The van der Waals surface area contributed by atoms with Crippen LogP contribution in [-0.2, 0) is 4.74 Å². The van der Waals surface area contributed by atoms with Crippen molar-refractivity contribution in [2.45, 2.75) is 19.4 Å². The number of morpholine rings is 1. The van der Waals surface area contributed by atoms with Crippen LogP contribution in [0.1, 0.15) is 24.2 Å². The molecule has 0 unspecified atom stereocenters. The van der Waals surface area contributed by atoms with Gasteiger partial charge in [0.1, 0.15) is 0 Å². The van der Waals surface area contributed by atoms with E-state index < -0.39 is 0 Å². The minimum absolute atomic E-state index is 0.00985. The summed E-state index contributed by atoms with van der Waals surface area (Å²) in [4.78, 5) is 22.6. The number of amides is 1. The van der Waals surface area contributed by atoms with Gasteiger partial charge < -0.3 is 20.7 Å². The Morgan fingerprint density at radius 3 is 2.65 bits per heavy atom. The van der Waals surface area contributed by atoms with Gasteiger partial charge in [-0.25, -0.2) is 0 Å². The lowest BCUT2D eigenvalue weighted by molar-refractivity contribution is -0.00833. The van der Waals surface area contributed by atoms with Gasteiger partial charge in [-0.3, -0.25) is 19.7 Å². The molecule has 1 aromatic rings.